The first-order chi connectivity index (χ1) is 10.1. The quantitative estimate of drug-likeness (QED) is 0.486. The zero-order valence-corrected chi connectivity index (χ0v) is 12.6. The molecule has 4 nitrogen and oxygen atoms in total. The highest BCUT2D eigenvalue weighted by molar-refractivity contribution is 5.88. The van der Waals surface area contributed by atoms with Gasteiger partial charge in [-0.1, -0.05) is 12.0 Å². The molecular formula is C17H23NO3. The summed E-state index contributed by atoms with van der Waals surface area (Å²) < 4.78 is 5.68. The van der Waals surface area contributed by atoms with E-state index in [-0.39, 0.29) is 6.10 Å². The smallest absolute Gasteiger partial charge is 0.355 e. The van der Waals surface area contributed by atoms with Gasteiger partial charge in [0, 0.05) is 6.54 Å². The molecule has 0 aromatic rings. The van der Waals surface area contributed by atoms with Gasteiger partial charge in [-0.25, -0.2) is 4.79 Å². The summed E-state index contributed by atoms with van der Waals surface area (Å²) in [5.74, 6) is 5.23. The molecule has 4 rings (SSSR count). The highest BCUT2D eigenvalue weighted by atomic mass is 16.6. The summed E-state index contributed by atoms with van der Waals surface area (Å²) in [5, 5.41) is 10.8. The molecular weight excluding hydrogens is 266 g/mol. The second-order valence-corrected chi connectivity index (χ2v) is 6.29. The molecule has 2 atom stereocenters. The van der Waals surface area contributed by atoms with E-state index in [1.54, 1.807) is 6.92 Å². The molecule has 0 aromatic heterocycles. The van der Waals surface area contributed by atoms with Crippen molar-refractivity contribution in [3.8, 4) is 11.8 Å². The van der Waals surface area contributed by atoms with Gasteiger partial charge in [0.05, 0.1) is 0 Å². The molecule has 3 heterocycles. The highest BCUT2D eigenvalue weighted by Crippen LogP contribution is 2.33. The molecule has 4 heteroatoms. The van der Waals surface area contributed by atoms with Crippen molar-refractivity contribution in [2.75, 3.05) is 19.6 Å². The van der Waals surface area contributed by atoms with E-state index in [2.05, 4.69) is 16.7 Å². The fourth-order valence-corrected chi connectivity index (χ4v) is 3.71. The van der Waals surface area contributed by atoms with Gasteiger partial charge in [-0.15, -0.1) is 5.92 Å². The van der Waals surface area contributed by atoms with Crippen LogP contribution in [0.2, 0.25) is 0 Å². The Bertz CT molecular complexity index is 508. The van der Waals surface area contributed by atoms with Gasteiger partial charge in [0.15, 0.2) is 0 Å². The number of fused-ring (bicyclic) bond motifs is 3. The normalized spacial score (nSPS) is 33.6. The zero-order valence-electron chi connectivity index (χ0n) is 12.6. The minimum atomic E-state index is -1.74. The minimum absolute atomic E-state index is 0.0906. The van der Waals surface area contributed by atoms with Crippen LogP contribution in [0.5, 0.6) is 0 Å². The number of piperidine rings is 3. The molecule has 0 aromatic carbocycles. The fourth-order valence-electron chi connectivity index (χ4n) is 3.71. The molecule has 0 spiro atoms. The Morgan fingerprint density at radius 3 is 2.76 bits per heavy atom. The first kappa shape index (κ1) is 14.6. The first-order valence-electron chi connectivity index (χ1n) is 7.92. The van der Waals surface area contributed by atoms with E-state index in [0.29, 0.717) is 11.5 Å². The van der Waals surface area contributed by atoms with Gasteiger partial charge in [0.25, 0.3) is 0 Å². The van der Waals surface area contributed by atoms with Crippen LogP contribution >= 0.6 is 0 Å². The van der Waals surface area contributed by atoms with E-state index in [4.69, 9.17) is 4.74 Å². The molecule has 3 aliphatic heterocycles. The van der Waals surface area contributed by atoms with E-state index in [0.717, 1.165) is 51.7 Å². The average molecular weight is 289 g/mol. The number of esters is 1. The number of nitrogens with zero attached hydrogens (tertiary/aromatic N) is 1. The van der Waals surface area contributed by atoms with E-state index < -0.39 is 11.6 Å². The average Bonchev–Trinajstić information content (AvgIpc) is 3.03. The summed E-state index contributed by atoms with van der Waals surface area (Å²) in [7, 11) is 0. The lowest BCUT2D eigenvalue weighted by molar-refractivity contribution is -0.171. The fraction of sp³-hybridized carbons (Fsp3) is 0.706. The summed E-state index contributed by atoms with van der Waals surface area (Å²) in [6, 6.07) is 0. The number of carbonyl (C=O) groups is 1. The molecule has 114 valence electrons. The SMILES string of the molecule is CC#CC(O)(C(=O)OC1CN2CCC1CC2)C1=CCCC1. The molecule has 1 aliphatic carbocycles. The molecule has 0 amide bonds. The van der Waals surface area contributed by atoms with Crippen LogP contribution in [0.25, 0.3) is 0 Å². The maximum atomic E-state index is 12.6. The van der Waals surface area contributed by atoms with Crippen molar-refractivity contribution in [3.63, 3.8) is 0 Å². The Labute approximate surface area is 126 Å². The summed E-state index contributed by atoms with van der Waals surface area (Å²) in [6.45, 7) is 4.64. The Balaban J connectivity index is 1.74. The van der Waals surface area contributed by atoms with E-state index in [1.165, 1.54) is 0 Å². The van der Waals surface area contributed by atoms with Crippen LogP contribution < -0.4 is 0 Å². The van der Waals surface area contributed by atoms with Crippen molar-refractivity contribution < 1.29 is 14.6 Å². The van der Waals surface area contributed by atoms with Crippen LogP contribution in [-0.4, -0.2) is 47.3 Å². The lowest BCUT2D eigenvalue weighted by Crippen LogP contribution is -2.54. The first-order valence-corrected chi connectivity index (χ1v) is 7.92. The lowest BCUT2D eigenvalue weighted by atomic mass is 9.85. The predicted molar refractivity (Wildman–Crippen MR) is 79.4 cm³/mol. The van der Waals surface area contributed by atoms with Gasteiger partial charge in [0.1, 0.15) is 6.10 Å². The Morgan fingerprint density at radius 1 is 1.48 bits per heavy atom. The molecule has 2 bridgehead atoms. The van der Waals surface area contributed by atoms with Crippen molar-refractivity contribution in [2.24, 2.45) is 5.92 Å². The Morgan fingerprint density at radius 2 is 2.24 bits per heavy atom. The van der Waals surface area contributed by atoms with Gasteiger partial charge >= 0.3 is 5.97 Å². The van der Waals surface area contributed by atoms with Gasteiger partial charge in [-0.2, -0.15) is 0 Å². The second kappa shape index (κ2) is 5.82. The molecule has 1 N–H and O–H groups in total. The third kappa shape index (κ3) is 2.73. The molecule has 4 aliphatic rings. The minimum Gasteiger partial charge on any atom is -0.458 e. The number of hydrogen-bond donors (Lipinski definition) is 1. The van der Waals surface area contributed by atoms with E-state index in [1.807, 2.05) is 6.08 Å². The monoisotopic (exact) mass is 289 g/mol. The summed E-state index contributed by atoms with van der Waals surface area (Å²) in [6.07, 6.45) is 6.60. The third-order valence-electron chi connectivity index (χ3n) is 4.96. The second-order valence-electron chi connectivity index (χ2n) is 6.29. The maximum Gasteiger partial charge on any atom is 0.355 e. The largest absolute Gasteiger partial charge is 0.458 e. The number of allylic oxidation sites excluding steroid dienone is 1. The molecule has 0 radical (unpaired) electrons. The molecule has 3 saturated heterocycles. The molecule has 2 unspecified atom stereocenters. The van der Waals surface area contributed by atoms with E-state index in [9.17, 15) is 9.90 Å². The third-order valence-corrected chi connectivity index (χ3v) is 4.96. The number of hydrogen-bond acceptors (Lipinski definition) is 4. The van der Waals surface area contributed by atoms with Crippen LogP contribution in [0.15, 0.2) is 11.6 Å². The van der Waals surface area contributed by atoms with Gasteiger partial charge in [0.2, 0.25) is 5.60 Å². The summed E-state index contributed by atoms with van der Waals surface area (Å²) >= 11 is 0. The van der Waals surface area contributed by atoms with Crippen molar-refractivity contribution in [1.29, 1.82) is 0 Å². The van der Waals surface area contributed by atoms with Crippen LogP contribution in [0.1, 0.15) is 39.0 Å². The summed E-state index contributed by atoms with van der Waals surface area (Å²) in [5.41, 5.74) is -1.03. The van der Waals surface area contributed by atoms with Crippen LogP contribution in [-0.2, 0) is 9.53 Å². The number of carbonyl (C=O) groups excluding carboxylic acids is 1. The van der Waals surface area contributed by atoms with Crippen LogP contribution in [0.4, 0.5) is 0 Å². The van der Waals surface area contributed by atoms with Crippen molar-refractivity contribution in [1.82, 2.24) is 4.90 Å². The standard InChI is InChI=1S/C17H23NO3/c1-2-9-17(20,14-5-3-4-6-14)16(19)21-15-12-18-10-7-13(15)8-11-18/h5,13,15,20H,3-4,6-8,10-12H2,1H3. The van der Waals surface area contributed by atoms with Crippen LogP contribution in [0.3, 0.4) is 0 Å². The number of aliphatic hydroxyl groups is 1. The Hall–Kier alpha value is -1.31. The summed E-state index contributed by atoms with van der Waals surface area (Å²) in [4.78, 5) is 14.9. The molecule has 3 fully saturated rings. The maximum absolute atomic E-state index is 12.6. The van der Waals surface area contributed by atoms with Crippen molar-refractivity contribution >= 4 is 5.97 Å². The number of rotatable bonds is 3. The topological polar surface area (TPSA) is 49.8 Å². The van der Waals surface area contributed by atoms with Crippen LogP contribution in [0, 0.1) is 17.8 Å². The van der Waals surface area contributed by atoms with Crippen molar-refractivity contribution in [2.45, 2.75) is 50.7 Å². The van der Waals surface area contributed by atoms with Gasteiger partial charge in [-0.05, 0) is 63.6 Å². The predicted octanol–water partition coefficient (Wildman–Crippen LogP) is 1.49. The zero-order chi connectivity index (χ0) is 14.9. The molecule has 0 saturated carbocycles. The molecule has 21 heavy (non-hydrogen) atoms. The van der Waals surface area contributed by atoms with Gasteiger partial charge < -0.3 is 9.84 Å². The number of ether oxygens (including phenoxy) is 1. The van der Waals surface area contributed by atoms with Gasteiger partial charge in [-0.3, -0.25) is 4.90 Å². The highest BCUT2D eigenvalue weighted by Gasteiger charge is 2.44. The lowest BCUT2D eigenvalue weighted by Gasteiger charge is -2.44. The van der Waals surface area contributed by atoms with E-state index >= 15 is 0 Å². The Kier molecular flexibility index (Phi) is 4.05. The van der Waals surface area contributed by atoms with Crippen molar-refractivity contribution in [3.05, 3.63) is 11.6 Å².